The molecule has 4 aliphatic rings. The van der Waals surface area contributed by atoms with Crippen molar-refractivity contribution in [2.75, 3.05) is 9.80 Å². The Morgan fingerprint density at radius 3 is 1.55 bits per heavy atom. The van der Waals surface area contributed by atoms with E-state index in [-0.39, 0.29) is 6.71 Å². The molecule has 0 amide bonds. The molecule has 0 saturated carbocycles. The van der Waals surface area contributed by atoms with Crippen LogP contribution in [0.4, 0.5) is 22.7 Å². The first-order valence-electron chi connectivity index (χ1n) is 39.3. The highest BCUT2D eigenvalue weighted by atomic mass is 15.2. The van der Waals surface area contributed by atoms with Gasteiger partial charge in [0.2, 0.25) is 0 Å². The summed E-state index contributed by atoms with van der Waals surface area (Å²) in [5, 5.41) is 7.25. The number of fused-ring (bicyclic) bond motifs is 9. The molecule has 0 N–H and O–H groups in total. The van der Waals surface area contributed by atoms with E-state index < -0.39 is 5.54 Å². The standard InChI is InChI=1S/C108H76BN3/c1-5-30-75(31-6-1)81-42-23-29-74(64-81)28-13-20-52-100(92-47-25-44-85(68-92)77-34-9-3-10-35-77)111-103-61-59-89(87-57-55-79-38-14-16-40-82(79)65-87)70-98(103)109-99-71-90(88-58-56-80-39-15-17-41-83(80)66-88)60-62-104(99)112(106-73-94(72-105(111)107(106)109)110-101-53-21-18-49-95(101)96-50-19-22-54-102(96)110)108(93-48-26-45-86(69-93)78-36-11-4-12-37-78)63-27-51-97(108)91-46-24-43-84(67-91)76-32-7-2-8-33-76/h1,3-7,9-27,29-73H,2,8,28H2/b20-13-,100-52-. The molecular formula is C108H76BN3. The smallest absolute Gasteiger partial charge is 0.252 e. The molecule has 0 fully saturated rings. The predicted octanol–water partition coefficient (Wildman–Crippen LogP) is 26.0. The maximum absolute atomic E-state index is 2.80. The van der Waals surface area contributed by atoms with Gasteiger partial charge in [0, 0.05) is 33.5 Å². The second-order valence-electron chi connectivity index (χ2n) is 30.1. The molecule has 3 heterocycles. The number of aromatic nitrogens is 1. The van der Waals surface area contributed by atoms with Gasteiger partial charge < -0.3 is 14.4 Å². The highest BCUT2D eigenvalue weighted by molar-refractivity contribution is 7.00. The van der Waals surface area contributed by atoms with Crippen LogP contribution in [0.5, 0.6) is 0 Å². The SMILES string of the molecule is C1=CC(c2cccc(-c3ccccc3)c2)(N2c3ccc(-c4ccc5ccccc5c4)cc3B3c4cc(-c5ccc6ccccc6c5)ccc4N(/C(=C\C=C/Cc4cccc(-c5ccccc5)c4)c4cccc(-c5ccccc5)c4)c4cc(-n5c6ccccc6c6ccccc65)cc2c43)C(c2cccc(C3=CCCC=C3)c2)=C1. The van der Waals surface area contributed by atoms with Crippen molar-refractivity contribution in [3.05, 3.63) is 453 Å². The van der Waals surface area contributed by atoms with Gasteiger partial charge in [0.05, 0.1) is 22.4 Å². The zero-order valence-corrected chi connectivity index (χ0v) is 62.0. The first kappa shape index (κ1) is 66.2. The Morgan fingerprint density at radius 2 is 0.893 bits per heavy atom. The molecule has 21 rings (SSSR count). The van der Waals surface area contributed by atoms with Gasteiger partial charge in [0.1, 0.15) is 5.54 Å². The van der Waals surface area contributed by atoms with E-state index in [4.69, 9.17) is 0 Å². The predicted molar refractivity (Wildman–Crippen MR) is 477 cm³/mol. The van der Waals surface area contributed by atoms with Gasteiger partial charge in [-0.15, -0.1) is 0 Å². The van der Waals surface area contributed by atoms with Gasteiger partial charge in [-0.2, -0.15) is 0 Å². The lowest BCUT2D eigenvalue weighted by molar-refractivity contribution is 0.709. The number of para-hydroxylation sites is 2. The molecule has 17 aromatic rings. The van der Waals surface area contributed by atoms with Crippen molar-refractivity contribution in [1.29, 1.82) is 0 Å². The Labute approximate surface area is 654 Å². The molecule has 526 valence electrons. The molecule has 1 unspecified atom stereocenters. The zero-order chi connectivity index (χ0) is 74.1. The number of hydrogen-bond acceptors (Lipinski definition) is 2. The number of anilines is 4. The van der Waals surface area contributed by atoms with E-state index in [1.807, 2.05) is 0 Å². The molecule has 2 aliphatic heterocycles. The van der Waals surface area contributed by atoms with Crippen molar-refractivity contribution < 1.29 is 0 Å². The van der Waals surface area contributed by atoms with Crippen molar-refractivity contribution in [2.24, 2.45) is 0 Å². The zero-order valence-electron chi connectivity index (χ0n) is 62.0. The van der Waals surface area contributed by atoms with Crippen molar-refractivity contribution in [2.45, 2.75) is 24.8 Å². The average Bonchev–Trinajstić information content (AvgIpc) is 0.943. The Balaban J connectivity index is 0.897. The molecule has 0 spiro atoms. The number of benzene rings is 16. The van der Waals surface area contributed by atoms with Gasteiger partial charge in [-0.1, -0.05) is 346 Å². The Bertz CT molecular complexity index is 6750. The second-order valence-corrected chi connectivity index (χ2v) is 30.1. The fraction of sp³-hybridized carbons (Fsp3) is 0.0370. The van der Waals surface area contributed by atoms with Crippen LogP contribution >= 0.6 is 0 Å². The van der Waals surface area contributed by atoms with Crippen LogP contribution in [0.1, 0.15) is 40.7 Å². The summed E-state index contributed by atoms with van der Waals surface area (Å²) < 4.78 is 2.55. The van der Waals surface area contributed by atoms with E-state index >= 15 is 0 Å². The number of rotatable bonds is 15. The molecule has 112 heavy (non-hydrogen) atoms. The third kappa shape index (κ3) is 11.5. The van der Waals surface area contributed by atoms with Crippen molar-refractivity contribution >= 4 is 106 Å². The molecule has 0 radical (unpaired) electrons. The molecule has 1 aromatic heterocycles. The van der Waals surface area contributed by atoms with Gasteiger partial charge in [-0.3, -0.25) is 0 Å². The van der Waals surface area contributed by atoms with E-state index in [1.165, 1.54) is 93.2 Å². The van der Waals surface area contributed by atoms with Gasteiger partial charge in [-0.05, 0) is 231 Å². The van der Waals surface area contributed by atoms with Crippen LogP contribution in [0.15, 0.2) is 425 Å². The number of hydrogen-bond donors (Lipinski definition) is 0. The lowest BCUT2D eigenvalue weighted by Crippen LogP contribution is -2.64. The minimum Gasteiger partial charge on any atom is -0.324 e. The number of nitrogens with zero attached hydrogens (tertiary/aromatic N) is 3. The van der Waals surface area contributed by atoms with Crippen LogP contribution in [0.3, 0.4) is 0 Å². The monoisotopic (exact) mass is 1430 g/mol. The topological polar surface area (TPSA) is 11.4 Å². The van der Waals surface area contributed by atoms with E-state index in [0.29, 0.717) is 0 Å². The van der Waals surface area contributed by atoms with Crippen LogP contribution < -0.4 is 26.2 Å². The summed E-state index contributed by atoms with van der Waals surface area (Å²) in [6.45, 7) is -0.307. The maximum atomic E-state index is 2.80. The lowest BCUT2D eigenvalue weighted by atomic mass is 9.33. The summed E-state index contributed by atoms with van der Waals surface area (Å²) in [7, 11) is 0. The second kappa shape index (κ2) is 27.9. The molecule has 0 saturated heterocycles. The normalized spacial score (nSPS) is 15.0. The fourth-order valence-electron chi connectivity index (χ4n) is 18.4. The van der Waals surface area contributed by atoms with E-state index in [0.717, 1.165) is 115 Å². The molecule has 0 bridgehead atoms. The first-order chi connectivity index (χ1) is 55.5. The average molecular weight is 1430 g/mol. The maximum Gasteiger partial charge on any atom is 0.252 e. The fourth-order valence-corrected chi connectivity index (χ4v) is 18.4. The van der Waals surface area contributed by atoms with Crippen LogP contribution in [-0.2, 0) is 12.0 Å². The molecule has 1 atom stereocenters. The van der Waals surface area contributed by atoms with E-state index in [9.17, 15) is 0 Å². The number of allylic oxidation sites excluding steroid dienone is 9. The van der Waals surface area contributed by atoms with E-state index in [2.05, 4.69) is 439 Å². The van der Waals surface area contributed by atoms with Crippen LogP contribution in [0, 0.1) is 0 Å². The van der Waals surface area contributed by atoms with Gasteiger partial charge in [-0.25, -0.2) is 0 Å². The van der Waals surface area contributed by atoms with E-state index in [1.54, 1.807) is 0 Å². The molecule has 2 aliphatic carbocycles. The third-order valence-electron chi connectivity index (χ3n) is 23.6. The summed E-state index contributed by atoms with van der Waals surface area (Å²) in [6, 6.07) is 139. The van der Waals surface area contributed by atoms with Crippen LogP contribution in [-0.4, -0.2) is 11.3 Å². The Morgan fingerprint density at radius 1 is 0.375 bits per heavy atom. The Kier molecular flexibility index (Phi) is 16.5. The Hall–Kier alpha value is -14.1. The highest BCUT2D eigenvalue weighted by Crippen LogP contribution is 2.56. The third-order valence-corrected chi connectivity index (χ3v) is 23.6. The van der Waals surface area contributed by atoms with Crippen LogP contribution in [0.25, 0.3) is 122 Å². The molecular weight excluding hydrogens is 1350 g/mol. The van der Waals surface area contributed by atoms with Gasteiger partial charge in [0.25, 0.3) is 6.71 Å². The first-order valence-corrected chi connectivity index (χ1v) is 39.3. The van der Waals surface area contributed by atoms with Crippen molar-refractivity contribution in [1.82, 2.24) is 4.57 Å². The van der Waals surface area contributed by atoms with Gasteiger partial charge >= 0.3 is 0 Å². The summed E-state index contributed by atoms with van der Waals surface area (Å²) in [5.41, 5.74) is 31.4. The summed E-state index contributed by atoms with van der Waals surface area (Å²) >= 11 is 0. The highest BCUT2D eigenvalue weighted by Gasteiger charge is 2.52. The lowest BCUT2D eigenvalue weighted by Gasteiger charge is -2.51. The summed E-state index contributed by atoms with van der Waals surface area (Å²) in [4.78, 5) is 5.45. The van der Waals surface area contributed by atoms with Crippen molar-refractivity contribution in [3.63, 3.8) is 0 Å². The molecule has 4 heteroatoms. The molecule has 16 aromatic carbocycles. The summed E-state index contributed by atoms with van der Waals surface area (Å²) in [5.74, 6) is 0. The quantitative estimate of drug-likeness (QED) is 0.0749. The van der Waals surface area contributed by atoms with Crippen molar-refractivity contribution in [3.8, 4) is 61.3 Å². The van der Waals surface area contributed by atoms with Gasteiger partial charge in [0.15, 0.2) is 0 Å². The largest absolute Gasteiger partial charge is 0.324 e. The minimum atomic E-state index is -0.987. The summed E-state index contributed by atoms with van der Waals surface area (Å²) in [6.07, 6.45) is 24.2. The minimum absolute atomic E-state index is 0.307. The van der Waals surface area contributed by atoms with Crippen LogP contribution in [0.2, 0.25) is 0 Å². The molecule has 3 nitrogen and oxygen atoms in total.